The van der Waals surface area contributed by atoms with Gasteiger partial charge >= 0.3 is 0 Å². The Bertz CT molecular complexity index is 1070. The summed E-state index contributed by atoms with van der Waals surface area (Å²) in [6.45, 7) is 1.73. The van der Waals surface area contributed by atoms with Crippen LogP contribution in [-0.4, -0.2) is 27.1 Å². The first-order valence-electron chi connectivity index (χ1n) is 11.6. The van der Waals surface area contributed by atoms with Gasteiger partial charge in [0.25, 0.3) is 0 Å². The van der Waals surface area contributed by atoms with Crippen molar-refractivity contribution in [1.82, 2.24) is 0 Å². The first kappa shape index (κ1) is 21.5. The third kappa shape index (κ3) is 4.17. The average molecular weight is 453 g/mol. The van der Waals surface area contributed by atoms with Gasteiger partial charge in [-0.1, -0.05) is 29.8 Å². The van der Waals surface area contributed by atoms with E-state index in [1.807, 2.05) is 43.3 Å². The molecule has 2 aromatic carbocycles. The first-order valence-corrected chi connectivity index (χ1v) is 13.5. The summed E-state index contributed by atoms with van der Waals surface area (Å²) in [5, 5.41) is 2.80. The second-order valence-corrected chi connectivity index (χ2v) is 12.3. The van der Waals surface area contributed by atoms with Crippen LogP contribution >= 0.6 is 0 Å². The minimum atomic E-state index is -3.60. The van der Waals surface area contributed by atoms with Gasteiger partial charge in [-0.3, -0.25) is 9.10 Å². The van der Waals surface area contributed by atoms with Crippen molar-refractivity contribution in [3.63, 3.8) is 0 Å². The predicted octanol–water partition coefficient (Wildman–Crippen LogP) is 4.87. The molecule has 1 amide bonds. The number of aryl methyl sites for hydroxylation is 1. The Morgan fingerprint density at radius 1 is 0.938 bits per heavy atom. The van der Waals surface area contributed by atoms with Gasteiger partial charge in [0.1, 0.15) is 6.54 Å². The van der Waals surface area contributed by atoms with Crippen molar-refractivity contribution >= 4 is 27.3 Å². The summed E-state index contributed by atoms with van der Waals surface area (Å²) in [5.41, 5.74) is 3.91. The number of sulfonamides is 1. The standard InChI is InChI=1S/C26H32N2O3S/c1-18-3-7-23(8-4-18)27-25(29)17-28(32(2,30)31)24-9-5-22(6-10-24)26-14-19-11-20(15-26)13-21(12-19)16-26/h3-10,19-21H,11-17H2,1-2H3,(H,27,29). The molecule has 4 fully saturated rings. The number of carbonyl (C=O) groups is 1. The summed E-state index contributed by atoms with van der Waals surface area (Å²) in [5.74, 6) is 2.22. The fourth-order valence-corrected chi connectivity index (χ4v) is 7.67. The minimum absolute atomic E-state index is 0.247. The van der Waals surface area contributed by atoms with Crippen LogP contribution in [0, 0.1) is 24.7 Å². The van der Waals surface area contributed by atoms with Crippen LogP contribution < -0.4 is 9.62 Å². The molecule has 170 valence electrons. The Hall–Kier alpha value is -2.34. The Morgan fingerprint density at radius 3 is 1.97 bits per heavy atom. The molecule has 0 aliphatic heterocycles. The normalized spacial score (nSPS) is 28.5. The minimum Gasteiger partial charge on any atom is -0.325 e. The fourth-order valence-electron chi connectivity index (χ4n) is 6.81. The molecule has 0 spiro atoms. The number of benzene rings is 2. The topological polar surface area (TPSA) is 66.5 Å². The highest BCUT2D eigenvalue weighted by Gasteiger charge is 2.51. The number of rotatable bonds is 6. The lowest BCUT2D eigenvalue weighted by Crippen LogP contribution is -2.48. The molecule has 0 heterocycles. The SMILES string of the molecule is Cc1ccc(NC(=O)CN(c2ccc(C34CC5CC(CC(C5)C3)C4)cc2)S(C)(=O)=O)cc1. The lowest BCUT2D eigenvalue weighted by molar-refractivity contribution is -0.114. The molecule has 5 nitrogen and oxygen atoms in total. The lowest BCUT2D eigenvalue weighted by atomic mass is 9.48. The van der Waals surface area contributed by atoms with E-state index in [4.69, 9.17) is 0 Å². The Morgan fingerprint density at radius 2 is 1.47 bits per heavy atom. The van der Waals surface area contributed by atoms with Crippen LogP contribution in [-0.2, 0) is 20.2 Å². The summed E-state index contributed by atoms with van der Waals surface area (Å²) >= 11 is 0. The summed E-state index contributed by atoms with van der Waals surface area (Å²) in [4.78, 5) is 12.6. The second-order valence-electron chi connectivity index (χ2n) is 10.4. The molecular weight excluding hydrogens is 420 g/mol. The van der Waals surface area contributed by atoms with Crippen molar-refractivity contribution in [2.24, 2.45) is 17.8 Å². The van der Waals surface area contributed by atoms with Crippen LogP contribution in [0.2, 0.25) is 0 Å². The Labute approximate surface area is 191 Å². The second kappa shape index (κ2) is 7.91. The van der Waals surface area contributed by atoms with E-state index >= 15 is 0 Å². The summed E-state index contributed by atoms with van der Waals surface area (Å²) in [7, 11) is -3.60. The molecule has 4 bridgehead atoms. The van der Waals surface area contributed by atoms with E-state index in [1.54, 1.807) is 0 Å². The average Bonchev–Trinajstić information content (AvgIpc) is 2.72. The van der Waals surface area contributed by atoms with Gasteiger partial charge in [0.05, 0.1) is 11.9 Å². The molecule has 0 atom stereocenters. The molecule has 6 heteroatoms. The number of amides is 1. The van der Waals surface area contributed by atoms with Crippen molar-refractivity contribution in [2.75, 3.05) is 22.4 Å². The molecule has 0 radical (unpaired) electrons. The third-order valence-electron chi connectivity index (χ3n) is 7.83. The molecule has 0 aromatic heterocycles. The highest BCUT2D eigenvalue weighted by Crippen LogP contribution is 2.60. The van der Waals surface area contributed by atoms with E-state index < -0.39 is 10.0 Å². The van der Waals surface area contributed by atoms with Gasteiger partial charge in [-0.2, -0.15) is 0 Å². The number of nitrogens with one attached hydrogen (secondary N) is 1. The van der Waals surface area contributed by atoms with Gasteiger partial charge in [0.15, 0.2) is 0 Å². The van der Waals surface area contributed by atoms with Crippen LogP contribution in [0.25, 0.3) is 0 Å². The quantitative estimate of drug-likeness (QED) is 0.680. The van der Waals surface area contributed by atoms with Gasteiger partial charge in [-0.05, 0) is 98.4 Å². The van der Waals surface area contributed by atoms with Crippen LogP contribution in [0.3, 0.4) is 0 Å². The molecule has 2 aromatic rings. The predicted molar refractivity (Wildman–Crippen MR) is 128 cm³/mol. The maximum absolute atomic E-state index is 12.6. The van der Waals surface area contributed by atoms with Crippen LogP contribution in [0.15, 0.2) is 48.5 Å². The summed E-state index contributed by atoms with van der Waals surface area (Å²) in [6.07, 6.45) is 9.16. The molecule has 4 aliphatic rings. The van der Waals surface area contributed by atoms with Gasteiger partial charge in [-0.25, -0.2) is 8.42 Å². The highest BCUT2D eigenvalue weighted by molar-refractivity contribution is 7.92. The Kier molecular flexibility index (Phi) is 5.31. The smallest absolute Gasteiger partial charge is 0.245 e. The summed E-state index contributed by atoms with van der Waals surface area (Å²) in [6, 6.07) is 15.4. The zero-order chi connectivity index (χ0) is 22.5. The molecule has 0 unspecified atom stereocenters. The van der Waals surface area contributed by atoms with E-state index in [9.17, 15) is 13.2 Å². The zero-order valence-corrected chi connectivity index (χ0v) is 19.7. The Balaban J connectivity index is 1.34. The van der Waals surface area contributed by atoms with Gasteiger partial charge in [0.2, 0.25) is 15.9 Å². The van der Waals surface area contributed by atoms with Crippen molar-refractivity contribution in [3.05, 3.63) is 59.7 Å². The van der Waals surface area contributed by atoms with E-state index in [0.29, 0.717) is 11.4 Å². The van der Waals surface area contributed by atoms with Crippen LogP contribution in [0.5, 0.6) is 0 Å². The zero-order valence-electron chi connectivity index (χ0n) is 18.9. The fraction of sp³-hybridized carbons (Fsp3) is 0.500. The molecule has 1 N–H and O–H groups in total. The first-order chi connectivity index (χ1) is 15.2. The maximum atomic E-state index is 12.6. The summed E-state index contributed by atoms with van der Waals surface area (Å²) < 4.78 is 26.2. The lowest BCUT2D eigenvalue weighted by Gasteiger charge is -2.57. The van der Waals surface area contributed by atoms with Crippen molar-refractivity contribution in [1.29, 1.82) is 0 Å². The third-order valence-corrected chi connectivity index (χ3v) is 8.97. The van der Waals surface area contributed by atoms with Crippen molar-refractivity contribution in [2.45, 2.75) is 50.9 Å². The van der Waals surface area contributed by atoms with Crippen LogP contribution in [0.1, 0.15) is 49.7 Å². The van der Waals surface area contributed by atoms with E-state index in [2.05, 4.69) is 17.4 Å². The van der Waals surface area contributed by atoms with E-state index in [1.165, 1.54) is 48.4 Å². The van der Waals surface area contributed by atoms with E-state index in [-0.39, 0.29) is 17.9 Å². The molecule has 6 rings (SSSR count). The van der Waals surface area contributed by atoms with Crippen LogP contribution in [0.4, 0.5) is 11.4 Å². The largest absolute Gasteiger partial charge is 0.325 e. The number of hydrogen-bond donors (Lipinski definition) is 1. The number of anilines is 2. The van der Waals surface area contributed by atoms with E-state index in [0.717, 1.165) is 29.6 Å². The maximum Gasteiger partial charge on any atom is 0.245 e. The van der Waals surface area contributed by atoms with Gasteiger partial charge in [-0.15, -0.1) is 0 Å². The molecule has 0 saturated heterocycles. The van der Waals surface area contributed by atoms with Crippen molar-refractivity contribution in [3.8, 4) is 0 Å². The molecule has 4 saturated carbocycles. The number of hydrogen-bond acceptors (Lipinski definition) is 3. The number of nitrogens with zero attached hydrogens (tertiary/aromatic N) is 1. The monoisotopic (exact) mass is 452 g/mol. The van der Waals surface area contributed by atoms with Crippen molar-refractivity contribution < 1.29 is 13.2 Å². The highest BCUT2D eigenvalue weighted by atomic mass is 32.2. The van der Waals surface area contributed by atoms with Gasteiger partial charge in [0, 0.05) is 5.69 Å². The van der Waals surface area contributed by atoms with Gasteiger partial charge < -0.3 is 5.32 Å². The molecule has 32 heavy (non-hydrogen) atoms. The number of carbonyl (C=O) groups excluding carboxylic acids is 1. The molecular formula is C26H32N2O3S. The molecule has 4 aliphatic carbocycles.